The van der Waals surface area contributed by atoms with Crippen molar-refractivity contribution in [3.05, 3.63) is 18.6 Å². The van der Waals surface area contributed by atoms with Crippen molar-refractivity contribution in [1.82, 2.24) is 19.4 Å². The Morgan fingerprint density at radius 3 is 2.79 bits per heavy atom. The molecule has 0 bridgehead atoms. The van der Waals surface area contributed by atoms with Gasteiger partial charge in [0, 0.05) is 25.7 Å². The van der Waals surface area contributed by atoms with E-state index in [0.29, 0.717) is 24.4 Å². The number of rotatable bonds is 5. The highest BCUT2D eigenvalue weighted by molar-refractivity contribution is 5.86. The second-order valence-electron chi connectivity index (χ2n) is 11.1. The molecule has 0 radical (unpaired) electrons. The van der Waals surface area contributed by atoms with Gasteiger partial charge in [-0.05, 0) is 59.6 Å². The first kappa shape index (κ1) is 23.5. The summed E-state index contributed by atoms with van der Waals surface area (Å²) in [5.74, 6) is -0.108. The second-order valence-corrected chi connectivity index (χ2v) is 11.1. The highest BCUT2D eigenvalue weighted by Gasteiger charge is 2.56. The molecule has 2 aromatic rings. The number of ether oxygens (including phenoxy) is 4. The molecule has 2 N–H and O–H groups in total. The quantitative estimate of drug-likeness (QED) is 0.654. The van der Waals surface area contributed by atoms with Crippen molar-refractivity contribution in [2.75, 3.05) is 25.4 Å². The summed E-state index contributed by atoms with van der Waals surface area (Å²) in [5, 5.41) is 0.786. The van der Waals surface area contributed by atoms with Crippen molar-refractivity contribution in [1.29, 1.82) is 0 Å². The van der Waals surface area contributed by atoms with Crippen LogP contribution in [0.25, 0.3) is 11.0 Å². The highest BCUT2D eigenvalue weighted by Crippen LogP contribution is 2.44. The molecule has 5 rings (SSSR count). The minimum atomic E-state index is -0.698. The van der Waals surface area contributed by atoms with Crippen LogP contribution in [-0.2, 0) is 23.7 Å². The van der Waals surface area contributed by atoms with Crippen LogP contribution in [0.2, 0.25) is 0 Å². The standard InChI is InChI=1S/C24H35N5O5/c1-23(2,3)32-17(30)10-14-6-8-28(11-14)12-16-18-19(34-24(4,5)33-18)22(31-16)29-9-7-15-20(25)26-13-27-21(15)29/h7,9,13-14,16,18-19,22H,6,8,10-12H2,1-5H3,(H2,25,26,27)/t14?,16-,18-,19-,22-/m1/s1. The van der Waals surface area contributed by atoms with E-state index < -0.39 is 11.4 Å². The third kappa shape index (κ3) is 4.64. The van der Waals surface area contributed by atoms with E-state index in [9.17, 15) is 4.79 Å². The van der Waals surface area contributed by atoms with E-state index in [0.717, 1.165) is 24.9 Å². The Balaban J connectivity index is 1.28. The maximum absolute atomic E-state index is 12.3. The highest BCUT2D eigenvalue weighted by atomic mass is 16.8. The molecule has 1 unspecified atom stereocenters. The van der Waals surface area contributed by atoms with Crippen molar-refractivity contribution < 1.29 is 23.7 Å². The summed E-state index contributed by atoms with van der Waals surface area (Å²) in [7, 11) is 0. The monoisotopic (exact) mass is 473 g/mol. The Morgan fingerprint density at radius 1 is 1.26 bits per heavy atom. The third-order valence-corrected chi connectivity index (χ3v) is 6.62. The number of hydrogen-bond donors (Lipinski definition) is 1. The van der Waals surface area contributed by atoms with Crippen LogP contribution in [0.4, 0.5) is 5.82 Å². The van der Waals surface area contributed by atoms with Gasteiger partial charge in [0.2, 0.25) is 0 Å². The second kappa shape index (κ2) is 8.44. The van der Waals surface area contributed by atoms with Crippen LogP contribution < -0.4 is 5.73 Å². The van der Waals surface area contributed by atoms with Crippen LogP contribution in [0, 0.1) is 5.92 Å². The maximum Gasteiger partial charge on any atom is 0.306 e. The minimum absolute atomic E-state index is 0.133. The maximum atomic E-state index is 12.3. The number of nitrogen functional groups attached to an aromatic ring is 1. The molecule has 10 heteroatoms. The van der Waals surface area contributed by atoms with E-state index in [1.807, 2.05) is 51.4 Å². The number of hydrogen-bond acceptors (Lipinski definition) is 9. The molecule has 3 fully saturated rings. The molecule has 5 atom stereocenters. The lowest BCUT2D eigenvalue weighted by Gasteiger charge is -2.27. The van der Waals surface area contributed by atoms with E-state index in [1.54, 1.807) is 0 Å². The number of likely N-dealkylation sites (tertiary alicyclic amines) is 1. The SMILES string of the molecule is CC(C)(C)OC(=O)CC1CCN(C[C@H]2O[C@@H](n3ccc4c(N)ncnc43)[C@@H]3OC(C)(C)O[C@@H]32)C1. The number of nitrogens with two attached hydrogens (primary N) is 1. The minimum Gasteiger partial charge on any atom is -0.460 e. The van der Waals surface area contributed by atoms with Gasteiger partial charge in [-0.15, -0.1) is 0 Å². The first-order chi connectivity index (χ1) is 16.0. The van der Waals surface area contributed by atoms with E-state index in [1.165, 1.54) is 6.33 Å². The molecule has 186 valence electrons. The van der Waals surface area contributed by atoms with Crippen molar-refractivity contribution in [2.45, 2.75) is 83.4 Å². The molecule has 34 heavy (non-hydrogen) atoms. The van der Waals surface area contributed by atoms with Crippen molar-refractivity contribution in [3.63, 3.8) is 0 Å². The van der Waals surface area contributed by atoms with Gasteiger partial charge < -0.3 is 34.1 Å². The van der Waals surface area contributed by atoms with Crippen LogP contribution in [0.5, 0.6) is 0 Å². The largest absolute Gasteiger partial charge is 0.460 e. The topological polar surface area (TPSA) is 114 Å². The van der Waals surface area contributed by atoms with Gasteiger partial charge in [-0.3, -0.25) is 4.79 Å². The number of nitrogens with zero attached hydrogens (tertiary/aromatic N) is 4. The molecule has 0 saturated carbocycles. The van der Waals surface area contributed by atoms with E-state index in [2.05, 4.69) is 14.9 Å². The molecule has 0 aliphatic carbocycles. The van der Waals surface area contributed by atoms with Gasteiger partial charge in [0.05, 0.1) is 5.39 Å². The number of carbonyl (C=O) groups is 1. The van der Waals surface area contributed by atoms with Gasteiger partial charge >= 0.3 is 5.97 Å². The Morgan fingerprint density at radius 2 is 2.03 bits per heavy atom. The van der Waals surface area contributed by atoms with Gasteiger partial charge in [0.1, 0.15) is 41.7 Å². The smallest absolute Gasteiger partial charge is 0.306 e. The van der Waals surface area contributed by atoms with Crippen molar-refractivity contribution >= 4 is 22.8 Å². The van der Waals surface area contributed by atoms with Gasteiger partial charge in [-0.1, -0.05) is 0 Å². The van der Waals surface area contributed by atoms with Crippen molar-refractivity contribution in [3.8, 4) is 0 Å². The number of esters is 1. The summed E-state index contributed by atoms with van der Waals surface area (Å²) < 4.78 is 26.6. The van der Waals surface area contributed by atoms with Crippen LogP contribution >= 0.6 is 0 Å². The number of aromatic nitrogens is 3. The van der Waals surface area contributed by atoms with Crippen LogP contribution in [0.1, 0.15) is 53.7 Å². The number of carbonyl (C=O) groups excluding carboxylic acids is 1. The van der Waals surface area contributed by atoms with Crippen molar-refractivity contribution in [2.24, 2.45) is 5.92 Å². The fourth-order valence-corrected chi connectivity index (χ4v) is 5.34. The normalized spacial score (nSPS) is 31.3. The molecule has 0 spiro atoms. The summed E-state index contributed by atoms with van der Waals surface area (Å²) in [4.78, 5) is 23.1. The lowest BCUT2D eigenvalue weighted by atomic mass is 10.1. The zero-order chi connectivity index (χ0) is 24.3. The Bertz CT molecular complexity index is 1060. The first-order valence-electron chi connectivity index (χ1n) is 12.0. The van der Waals surface area contributed by atoms with E-state index in [-0.39, 0.29) is 36.4 Å². The fraction of sp³-hybridized carbons (Fsp3) is 0.708. The molecule has 5 heterocycles. The summed E-state index contributed by atoms with van der Waals surface area (Å²) in [6, 6.07) is 1.90. The van der Waals surface area contributed by atoms with Crippen LogP contribution in [-0.4, -0.2) is 74.7 Å². The zero-order valence-corrected chi connectivity index (χ0v) is 20.6. The van der Waals surface area contributed by atoms with Gasteiger partial charge in [-0.25, -0.2) is 9.97 Å². The lowest BCUT2D eigenvalue weighted by molar-refractivity contribution is -0.197. The summed E-state index contributed by atoms with van der Waals surface area (Å²) in [6.07, 6.45) is 3.75. The number of anilines is 1. The molecule has 3 aliphatic heterocycles. The predicted molar refractivity (Wildman–Crippen MR) is 125 cm³/mol. The van der Waals surface area contributed by atoms with E-state index in [4.69, 9.17) is 24.7 Å². The van der Waals surface area contributed by atoms with Gasteiger partial charge in [0.15, 0.2) is 12.0 Å². The molecule has 2 aromatic heterocycles. The average Bonchev–Trinajstić information content (AvgIpc) is 3.45. The number of fused-ring (bicyclic) bond motifs is 2. The third-order valence-electron chi connectivity index (χ3n) is 6.62. The molecular formula is C24H35N5O5. The van der Waals surface area contributed by atoms with Gasteiger partial charge in [-0.2, -0.15) is 0 Å². The average molecular weight is 474 g/mol. The van der Waals surface area contributed by atoms with Gasteiger partial charge in [0.25, 0.3) is 0 Å². The first-order valence-corrected chi connectivity index (χ1v) is 12.0. The van der Waals surface area contributed by atoms with E-state index >= 15 is 0 Å². The fourth-order valence-electron chi connectivity index (χ4n) is 5.34. The van der Waals surface area contributed by atoms with Crippen LogP contribution in [0.15, 0.2) is 18.6 Å². The molecule has 10 nitrogen and oxygen atoms in total. The molecule has 3 aliphatic rings. The summed E-state index contributed by atoms with van der Waals surface area (Å²) in [6.45, 7) is 12.0. The summed E-state index contributed by atoms with van der Waals surface area (Å²) in [5.41, 5.74) is 6.29. The molecule has 3 saturated heterocycles. The lowest BCUT2D eigenvalue weighted by Crippen LogP contribution is -2.39. The zero-order valence-electron chi connectivity index (χ0n) is 20.6. The Hall–Kier alpha value is -2.27. The molecular weight excluding hydrogens is 438 g/mol. The molecule has 0 aromatic carbocycles. The summed E-state index contributed by atoms with van der Waals surface area (Å²) >= 11 is 0. The van der Waals surface area contributed by atoms with Crippen LogP contribution in [0.3, 0.4) is 0 Å². The predicted octanol–water partition coefficient (Wildman–Crippen LogP) is 2.48. The molecule has 0 amide bonds. The Labute approximate surface area is 199 Å². The Kier molecular flexibility index (Phi) is 5.83.